The van der Waals surface area contributed by atoms with Gasteiger partial charge in [-0.15, -0.1) is 0 Å². The molecule has 0 saturated heterocycles. The summed E-state index contributed by atoms with van der Waals surface area (Å²) < 4.78 is 5.00. The van der Waals surface area contributed by atoms with Gasteiger partial charge in [0, 0.05) is 6.07 Å². The van der Waals surface area contributed by atoms with Gasteiger partial charge in [-0.1, -0.05) is 47.6 Å². The fraction of sp³-hybridized carbons (Fsp3) is 0.176. The Morgan fingerprint density at radius 1 is 1.23 bits per heavy atom. The summed E-state index contributed by atoms with van der Waals surface area (Å²) >= 11 is 0. The van der Waals surface area contributed by atoms with Crippen LogP contribution in [0, 0.1) is 6.92 Å². The molecule has 3 rings (SSSR count). The first-order valence-corrected chi connectivity index (χ1v) is 7.02. The maximum atomic E-state index is 12.0. The third kappa shape index (κ3) is 3.32. The van der Waals surface area contributed by atoms with E-state index in [-0.39, 0.29) is 18.9 Å². The smallest absolute Gasteiger partial charge is 0.247 e. The Balaban J connectivity index is 1.59. The largest absolute Gasteiger partial charge is 0.359 e. The lowest BCUT2D eigenvalue weighted by Gasteiger charge is -2.07. The van der Waals surface area contributed by atoms with Crippen molar-refractivity contribution < 1.29 is 14.2 Å². The molecule has 5 nitrogen and oxygen atoms in total. The number of hydrogen-bond acceptors (Lipinski definition) is 4. The Hall–Kier alpha value is -2.66. The first kappa shape index (κ1) is 14.3. The third-order valence-corrected chi connectivity index (χ3v) is 3.31. The molecule has 0 fully saturated rings. The quantitative estimate of drug-likeness (QED) is 0.735. The maximum Gasteiger partial charge on any atom is 0.247 e. The van der Waals surface area contributed by atoms with Gasteiger partial charge < -0.3 is 4.52 Å². The van der Waals surface area contributed by atoms with Gasteiger partial charge in [-0.2, -0.15) is 0 Å². The predicted molar refractivity (Wildman–Crippen MR) is 81.8 cm³/mol. The van der Waals surface area contributed by atoms with Gasteiger partial charge in [0.25, 0.3) is 0 Å². The second-order valence-electron chi connectivity index (χ2n) is 5.06. The lowest BCUT2D eigenvalue weighted by Crippen LogP contribution is -2.25. The summed E-state index contributed by atoms with van der Waals surface area (Å²) in [5.41, 5.74) is 4.17. The lowest BCUT2D eigenvalue weighted by atomic mass is 10.0. The number of carbonyl (C=O) groups is 1. The van der Waals surface area contributed by atoms with E-state index in [9.17, 15) is 4.79 Å². The van der Waals surface area contributed by atoms with Crippen molar-refractivity contribution in [3.05, 3.63) is 65.5 Å². The number of carbonyl (C=O) groups excluding carboxylic acids is 1. The maximum absolute atomic E-state index is 12.0. The SMILES string of the molecule is Cc1cc(CONC(=O)Cc2cccc3ccccc23)on1. The van der Waals surface area contributed by atoms with Gasteiger partial charge >= 0.3 is 0 Å². The van der Waals surface area contributed by atoms with E-state index in [0.29, 0.717) is 5.76 Å². The van der Waals surface area contributed by atoms with Gasteiger partial charge in [-0.3, -0.25) is 9.63 Å². The van der Waals surface area contributed by atoms with Crippen molar-refractivity contribution >= 4 is 16.7 Å². The van der Waals surface area contributed by atoms with Crippen LogP contribution in [0.25, 0.3) is 10.8 Å². The molecular formula is C17H16N2O3. The van der Waals surface area contributed by atoms with E-state index in [4.69, 9.17) is 9.36 Å². The first-order valence-electron chi connectivity index (χ1n) is 7.02. The minimum absolute atomic E-state index is 0.155. The van der Waals surface area contributed by atoms with Crippen LogP contribution < -0.4 is 5.48 Å². The van der Waals surface area contributed by atoms with Gasteiger partial charge in [-0.05, 0) is 23.3 Å². The summed E-state index contributed by atoms with van der Waals surface area (Å²) in [7, 11) is 0. The molecule has 1 amide bonds. The number of amides is 1. The monoisotopic (exact) mass is 296 g/mol. The van der Waals surface area contributed by atoms with E-state index >= 15 is 0 Å². The highest BCUT2D eigenvalue weighted by atomic mass is 16.7. The highest BCUT2D eigenvalue weighted by molar-refractivity contribution is 5.89. The van der Waals surface area contributed by atoms with Crippen LogP contribution in [0.4, 0.5) is 0 Å². The molecule has 0 spiro atoms. The van der Waals surface area contributed by atoms with Crippen LogP contribution in [0.3, 0.4) is 0 Å². The molecule has 0 atom stereocenters. The fourth-order valence-corrected chi connectivity index (χ4v) is 2.33. The molecule has 3 aromatic rings. The fourth-order valence-electron chi connectivity index (χ4n) is 2.33. The number of rotatable bonds is 5. The second-order valence-corrected chi connectivity index (χ2v) is 5.06. The predicted octanol–water partition coefficient (Wildman–Crippen LogP) is 2.93. The van der Waals surface area contributed by atoms with Crippen molar-refractivity contribution in [2.24, 2.45) is 0 Å². The van der Waals surface area contributed by atoms with Crippen molar-refractivity contribution in [3.63, 3.8) is 0 Å². The number of fused-ring (bicyclic) bond motifs is 1. The van der Waals surface area contributed by atoms with Crippen LogP contribution in [-0.4, -0.2) is 11.1 Å². The van der Waals surface area contributed by atoms with Crippen LogP contribution in [-0.2, 0) is 22.7 Å². The average Bonchev–Trinajstić information content (AvgIpc) is 2.93. The first-order chi connectivity index (χ1) is 10.7. The minimum atomic E-state index is -0.201. The standard InChI is InChI=1S/C17H16N2O3/c1-12-9-15(22-18-12)11-21-19-17(20)10-14-7-4-6-13-5-2-3-8-16(13)14/h2-9H,10-11H2,1H3,(H,19,20). The molecule has 0 unspecified atom stereocenters. The molecule has 1 aromatic heterocycles. The van der Waals surface area contributed by atoms with Crippen LogP contribution in [0.2, 0.25) is 0 Å². The van der Waals surface area contributed by atoms with E-state index < -0.39 is 0 Å². The molecule has 2 aromatic carbocycles. The number of aromatic nitrogens is 1. The van der Waals surface area contributed by atoms with Gasteiger partial charge in [-0.25, -0.2) is 5.48 Å². The van der Waals surface area contributed by atoms with Crippen molar-refractivity contribution in [1.82, 2.24) is 10.6 Å². The molecule has 112 valence electrons. The molecule has 0 bridgehead atoms. The summed E-state index contributed by atoms with van der Waals surface area (Å²) in [5, 5.41) is 5.94. The summed E-state index contributed by atoms with van der Waals surface area (Å²) in [4.78, 5) is 17.1. The van der Waals surface area contributed by atoms with Gasteiger partial charge in [0.2, 0.25) is 5.91 Å². The Morgan fingerprint density at radius 3 is 2.86 bits per heavy atom. The van der Waals surface area contributed by atoms with Crippen LogP contribution in [0.5, 0.6) is 0 Å². The van der Waals surface area contributed by atoms with E-state index in [1.807, 2.05) is 49.4 Å². The molecule has 1 heterocycles. The van der Waals surface area contributed by atoms with E-state index in [0.717, 1.165) is 22.0 Å². The molecule has 0 radical (unpaired) electrons. The van der Waals surface area contributed by atoms with Gasteiger partial charge in [0.1, 0.15) is 6.61 Å². The molecular weight excluding hydrogens is 280 g/mol. The number of nitrogens with one attached hydrogen (secondary N) is 1. The van der Waals surface area contributed by atoms with Crippen LogP contribution in [0.1, 0.15) is 17.0 Å². The highest BCUT2D eigenvalue weighted by Crippen LogP contribution is 2.18. The van der Waals surface area contributed by atoms with Crippen LogP contribution >= 0.6 is 0 Å². The highest BCUT2D eigenvalue weighted by Gasteiger charge is 2.08. The molecule has 0 aliphatic rings. The zero-order valence-electron chi connectivity index (χ0n) is 12.2. The van der Waals surface area contributed by atoms with E-state index in [2.05, 4.69) is 10.6 Å². The molecule has 5 heteroatoms. The zero-order valence-corrected chi connectivity index (χ0v) is 12.2. The summed E-state index contributed by atoms with van der Waals surface area (Å²) in [6, 6.07) is 15.7. The van der Waals surface area contributed by atoms with Crippen molar-refractivity contribution in [2.45, 2.75) is 20.0 Å². The number of hydrogen-bond donors (Lipinski definition) is 1. The summed E-state index contributed by atoms with van der Waals surface area (Å²) in [6.45, 7) is 1.98. The van der Waals surface area contributed by atoms with Gasteiger partial charge in [0.15, 0.2) is 5.76 Å². The van der Waals surface area contributed by atoms with Crippen molar-refractivity contribution in [2.75, 3.05) is 0 Å². The van der Waals surface area contributed by atoms with Crippen LogP contribution in [0.15, 0.2) is 53.1 Å². The Labute approximate surface area is 127 Å². The number of benzene rings is 2. The van der Waals surface area contributed by atoms with Crippen molar-refractivity contribution in [3.8, 4) is 0 Å². The molecule has 0 aliphatic carbocycles. The second kappa shape index (κ2) is 6.41. The lowest BCUT2D eigenvalue weighted by molar-refractivity contribution is -0.134. The average molecular weight is 296 g/mol. The third-order valence-electron chi connectivity index (χ3n) is 3.31. The van der Waals surface area contributed by atoms with Gasteiger partial charge in [0.05, 0.1) is 12.1 Å². The minimum Gasteiger partial charge on any atom is -0.359 e. The number of nitrogens with zero attached hydrogens (tertiary/aromatic N) is 1. The van der Waals surface area contributed by atoms with Crippen molar-refractivity contribution in [1.29, 1.82) is 0 Å². The topological polar surface area (TPSA) is 64.4 Å². The Morgan fingerprint density at radius 2 is 2.05 bits per heavy atom. The molecule has 0 saturated carbocycles. The Bertz CT molecular complexity index is 790. The molecule has 22 heavy (non-hydrogen) atoms. The Kier molecular flexibility index (Phi) is 4.16. The molecule has 1 N–H and O–H groups in total. The number of hydroxylamine groups is 1. The van der Waals surface area contributed by atoms with E-state index in [1.54, 1.807) is 6.07 Å². The molecule has 0 aliphatic heterocycles. The zero-order chi connectivity index (χ0) is 15.4. The van der Waals surface area contributed by atoms with E-state index in [1.165, 1.54) is 0 Å². The summed E-state index contributed by atoms with van der Waals surface area (Å²) in [6.07, 6.45) is 0.261. The number of aryl methyl sites for hydroxylation is 1. The normalized spacial score (nSPS) is 10.8. The summed E-state index contributed by atoms with van der Waals surface area (Å²) in [5.74, 6) is 0.371.